The highest BCUT2D eigenvalue weighted by Gasteiger charge is 2.33. The molecule has 1 fully saturated rings. The Morgan fingerprint density at radius 2 is 1.78 bits per heavy atom. The number of sulfonamides is 1. The lowest BCUT2D eigenvalue weighted by molar-refractivity contribution is -0.151. The number of aromatic nitrogens is 1. The first-order valence-electron chi connectivity index (χ1n) is 10.3. The van der Waals surface area contributed by atoms with Crippen molar-refractivity contribution in [2.24, 2.45) is 5.92 Å². The Morgan fingerprint density at radius 1 is 1.12 bits per heavy atom. The molecular weight excluding hydrogens is 435 g/mol. The first-order valence-corrected chi connectivity index (χ1v) is 11.7. The van der Waals surface area contributed by atoms with Gasteiger partial charge in [-0.3, -0.25) is 4.79 Å². The molecule has 7 nitrogen and oxygen atoms in total. The van der Waals surface area contributed by atoms with Gasteiger partial charge < -0.3 is 9.15 Å². The largest absolute Gasteiger partial charge is 0.459 e. The molecule has 1 saturated heterocycles. The van der Waals surface area contributed by atoms with Gasteiger partial charge in [-0.15, -0.1) is 0 Å². The Labute approximate surface area is 185 Å². The molecule has 0 N–H and O–H groups in total. The summed E-state index contributed by atoms with van der Waals surface area (Å²) in [7, 11) is -3.72. The molecule has 3 aromatic rings. The van der Waals surface area contributed by atoms with Crippen molar-refractivity contribution in [2.75, 3.05) is 13.1 Å². The smallest absolute Gasteiger partial charge is 0.309 e. The molecule has 9 heteroatoms. The van der Waals surface area contributed by atoms with Gasteiger partial charge in [-0.05, 0) is 56.2 Å². The zero-order valence-corrected chi connectivity index (χ0v) is 18.3. The molecule has 0 bridgehead atoms. The summed E-state index contributed by atoms with van der Waals surface area (Å²) < 4.78 is 51.0. The Kier molecular flexibility index (Phi) is 6.38. The summed E-state index contributed by atoms with van der Waals surface area (Å²) in [6, 6.07) is 14.2. The Balaban J connectivity index is 1.32. The van der Waals surface area contributed by atoms with Crippen molar-refractivity contribution in [2.45, 2.75) is 31.3 Å². The van der Waals surface area contributed by atoms with Gasteiger partial charge in [0.05, 0.1) is 10.8 Å². The zero-order chi connectivity index (χ0) is 22.7. The predicted octanol–water partition coefficient (Wildman–Crippen LogP) is 3.93. The summed E-state index contributed by atoms with van der Waals surface area (Å²) in [4.78, 5) is 17.0. The van der Waals surface area contributed by atoms with Crippen molar-refractivity contribution < 1.29 is 26.8 Å². The van der Waals surface area contributed by atoms with E-state index < -0.39 is 21.8 Å². The van der Waals surface area contributed by atoms with Gasteiger partial charge in [-0.25, -0.2) is 17.8 Å². The Hall–Kier alpha value is -3.04. The topological polar surface area (TPSA) is 89.7 Å². The van der Waals surface area contributed by atoms with Crippen LogP contribution in [-0.4, -0.2) is 36.8 Å². The first kappa shape index (κ1) is 22.2. The summed E-state index contributed by atoms with van der Waals surface area (Å²) in [5, 5.41) is 0. The number of carbonyl (C=O) groups is 1. The monoisotopic (exact) mass is 458 g/mol. The number of hydrogen-bond donors (Lipinski definition) is 0. The van der Waals surface area contributed by atoms with E-state index in [-0.39, 0.29) is 30.6 Å². The minimum Gasteiger partial charge on any atom is -0.459 e. The van der Waals surface area contributed by atoms with Gasteiger partial charge >= 0.3 is 5.97 Å². The molecule has 32 heavy (non-hydrogen) atoms. The van der Waals surface area contributed by atoms with E-state index in [2.05, 4.69) is 4.98 Å². The molecule has 0 saturated carbocycles. The van der Waals surface area contributed by atoms with Gasteiger partial charge in [0.1, 0.15) is 23.9 Å². The van der Waals surface area contributed by atoms with E-state index in [0.717, 1.165) is 17.7 Å². The van der Waals surface area contributed by atoms with Crippen molar-refractivity contribution in [1.29, 1.82) is 0 Å². The minimum absolute atomic E-state index is 0.00487. The number of oxazole rings is 1. The van der Waals surface area contributed by atoms with Gasteiger partial charge in [0.15, 0.2) is 0 Å². The summed E-state index contributed by atoms with van der Waals surface area (Å²) in [5.74, 6) is -0.225. The number of aryl methyl sites for hydroxylation is 1. The fourth-order valence-electron chi connectivity index (χ4n) is 3.61. The van der Waals surface area contributed by atoms with Crippen molar-refractivity contribution >= 4 is 16.0 Å². The number of piperidine rings is 1. The molecular formula is C23H23FN2O5S. The number of rotatable bonds is 6. The second kappa shape index (κ2) is 9.22. The van der Waals surface area contributed by atoms with E-state index in [0.29, 0.717) is 30.2 Å². The molecule has 1 aliphatic rings. The second-order valence-electron chi connectivity index (χ2n) is 7.63. The van der Waals surface area contributed by atoms with Gasteiger partial charge in [-0.2, -0.15) is 4.31 Å². The predicted molar refractivity (Wildman–Crippen MR) is 114 cm³/mol. The van der Waals surface area contributed by atoms with Gasteiger partial charge in [0.2, 0.25) is 15.9 Å². The van der Waals surface area contributed by atoms with E-state index in [9.17, 15) is 17.6 Å². The first-order chi connectivity index (χ1) is 15.3. The van der Waals surface area contributed by atoms with Crippen LogP contribution in [0.5, 0.6) is 0 Å². The molecule has 0 radical (unpaired) electrons. The quantitative estimate of drug-likeness (QED) is 0.520. The van der Waals surface area contributed by atoms with Gasteiger partial charge in [-0.1, -0.05) is 18.2 Å². The molecule has 1 aromatic heterocycles. The third kappa shape index (κ3) is 4.73. The van der Waals surface area contributed by atoms with Crippen LogP contribution in [0.2, 0.25) is 0 Å². The van der Waals surface area contributed by atoms with Crippen LogP contribution < -0.4 is 0 Å². The number of esters is 1. The van der Waals surface area contributed by atoms with Crippen molar-refractivity contribution in [3.63, 3.8) is 0 Å². The summed E-state index contributed by atoms with van der Waals surface area (Å²) in [5.41, 5.74) is 1.39. The molecule has 1 aliphatic heterocycles. The van der Waals surface area contributed by atoms with Crippen LogP contribution >= 0.6 is 0 Å². The molecule has 0 aliphatic carbocycles. The van der Waals surface area contributed by atoms with Crippen molar-refractivity contribution in [1.82, 2.24) is 9.29 Å². The number of nitrogens with zero attached hydrogens (tertiary/aromatic N) is 2. The third-order valence-electron chi connectivity index (χ3n) is 5.50. The van der Waals surface area contributed by atoms with Crippen molar-refractivity contribution in [3.8, 4) is 11.5 Å². The molecule has 2 heterocycles. The fraction of sp³-hybridized carbons (Fsp3) is 0.304. The maximum Gasteiger partial charge on any atom is 0.309 e. The fourth-order valence-corrected chi connectivity index (χ4v) is 5.08. The normalized spacial score (nSPS) is 15.6. The average molecular weight is 459 g/mol. The maximum atomic E-state index is 13.1. The van der Waals surface area contributed by atoms with Crippen LogP contribution in [0, 0.1) is 18.7 Å². The molecule has 168 valence electrons. The molecule has 0 amide bonds. The number of halogens is 1. The molecule has 2 aromatic carbocycles. The van der Waals surface area contributed by atoms with Crippen LogP contribution in [0.25, 0.3) is 11.5 Å². The van der Waals surface area contributed by atoms with Crippen LogP contribution in [0.15, 0.2) is 63.9 Å². The number of benzene rings is 2. The lowest BCUT2D eigenvalue weighted by Crippen LogP contribution is -2.40. The SMILES string of the molecule is Cc1oc(-c2ccccc2)nc1COC(=O)C1CCN(S(=O)(=O)c2ccc(F)cc2)CC1. The number of ether oxygens (including phenoxy) is 1. The molecule has 4 rings (SSSR count). The molecule has 0 unspecified atom stereocenters. The number of carbonyl (C=O) groups excluding carboxylic acids is 1. The summed E-state index contributed by atoms with van der Waals surface area (Å²) >= 11 is 0. The van der Waals surface area contributed by atoms with Gasteiger partial charge in [0, 0.05) is 18.7 Å². The Morgan fingerprint density at radius 3 is 2.44 bits per heavy atom. The van der Waals surface area contributed by atoms with Crippen LogP contribution in [0.3, 0.4) is 0 Å². The van der Waals surface area contributed by atoms with Crippen LogP contribution in [-0.2, 0) is 26.2 Å². The second-order valence-corrected chi connectivity index (χ2v) is 9.57. The lowest BCUT2D eigenvalue weighted by Gasteiger charge is -2.30. The van der Waals surface area contributed by atoms with E-state index in [1.54, 1.807) is 6.92 Å². The summed E-state index contributed by atoms with van der Waals surface area (Å²) in [6.45, 7) is 2.15. The van der Waals surface area contributed by atoms with Crippen LogP contribution in [0.4, 0.5) is 4.39 Å². The highest BCUT2D eigenvalue weighted by Crippen LogP contribution is 2.26. The lowest BCUT2D eigenvalue weighted by atomic mass is 9.98. The average Bonchev–Trinajstić information content (AvgIpc) is 3.19. The third-order valence-corrected chi connectivity index (χ3v) is 7.42. The van der Waals surface area contributed by atoms with E-state index in [4.69, 9.17) is 9.15 Å². The van der Waals surface area contributed by atoms with E-state index in [1.807, 2.05) is 30.3 Å². The van der Waals surface area contributed by atoms with Crippen molar-refractivity contribution in [3.05, 3.63) is 71.9 Å². The standard InChI is InChI=1S/C23H23FN2O5S/c1-16-21(25-22(31-16)17-5-3-2-4-6-17)15-30-23(27)18-11-13-26(14-12-18)32(28,29)20-9-7-19(24)8-10-20/h2-10,18H,11-15H2,1H3. The highest BCUT2D eigenvalue weighted by atomic mass is 32.2. The molecule has 0 atom stereocenters. The van der Waals surface area contributed by atoms with Crippen LogP contribution in [0.1, 0.15) is 24.3 Å². The number of hydrogen-bond acceptors (Lipinski definition) is 6. The summed E-state index contributed by atoms with van der Waals surface area (Å²) in [6.07, 6.45) is 0.707. The van der Waals surface area contributed by atoms with E-state index in [1.165, 1.54) is 16.4 Å². The zero-order valence-electron chi connectivity index (χ0n) is 17.5. The van der Waals surface area contributed by atoms with E-state index >= 15 is 0 Å². The minimum atomic E-state index is -3.72. The van der Waals surface area contributed by atoms with Gasteiger partial charge in [0.25, 0.3) is 0 Å². The molecule has 0 spiro atoms. The maximum absolute atomic E-state index is 13.1. The Bertz CT molecular complexity index is 1180. The highest BCUT2D eigenvalue weighted by molar-refractivity contribution is 7.89.